The van der Waals surface area contributed by atoms with Crippen LogP contribution in [0.25, 0.3) is 0 Å². The first-order valence-electron chi connectivity index (χ1n) is 8.28. The number of amides is 2. The fourth-order valence-electron chi connectivity index (χ4n) is 2.09. The zero-order chi connectivity index (χ0) is 15.1. The Hall–Kier alpha value is -1.06. The maximum absolute atomic E-state index is 11.4. The maximum atomic E-state index is 11.4. The molecule has 0 radical (unpaired) electrons. The molecule has 0 aromatic rings. The predicted octanol–water partition coefficient (Wildman–Crippen LogP) is 3.85. The minimum atomic E-state index is -0.118. The summed E-state index contributed by atoms with van der Waals surface area (Å²) < 4.78 is 0. The zero-order valence-electron chi connectivity index (χ0n) is 13.3. The van der Waals surface area contributed by atoms with Gasteiger partial charge in [0.15, 0.2) is 0 Å². The molecule has 2 N–H and O–H groups in total. The summed E-state index contributed by atoms with van der Waals surface area (Å²) in [5, 5.41) is 0. The minimum absolute atomic E-state index is 0.0857. The molecule has 0 heterocycles. The van der Waals surface area contributed by atoms with Crippen molar-refractivity contribution in [3.05, 3.63) is 0 Å². The highest BCUT2D eigenvalue weighted by Crippen LogP contribution is 2.10. The summed E-state index contributed by atoms with van der Waals surface area (Å²) in [6.45, 7) is 4.17. The SMILES string of the molecule is CCCCCCCCCCCC(=O)NNC(=O)CCC. The minimum Gasteiger partial charge on any atom is -0.273 e. The van der Waals surface area contributed by atoms with Crippen LogP contribution in [0, 0.1) is 0 Å². The molecule has 0 aliphatic rings. The fourth-order valence-corrected chi connectivity index (χ4v) is 2.09. The van der Waals surface area contributed by atoms with Crippen molar-refractivity contribution in [3.63, 3.8) is 0 Å². The third-order valence-corrected chi connectivity index (χ3v) is 3.33. The molecule has 4 nitrogen and oxygen atoms in total. The highest BCUT2D eigenvalue weighted by molar-refractivity contribution is 5.81. The van der Waals surface area contributed by atoms with Gasteiger partial charge < -0.3 is 0 Å². The molecule has 0 fully saturated rings. The van der Waals surface area contributed by atoms with Crippen LogP contribution in [0.5, 0.6) is 0 Å². The van der Waals surface area contributed by atoms with E-state index in [0.29, 0.717) is 12.8 Å². The summed E-state index contributed by atoms with van der Waals surface area (Å²) >= 11 is 0. The number of carbonyl (C=O) groups excluding carboxylic acids is 2. The van der Waals surface area contributed by atoms with Gasteiger partial charge in [0.05, 0.1) is 0 Å². The Labute approximate surface area is 124 Å². The van der Waals surface area contributed by atoms with Crippen LogP contribution in [-0.2, 0) is 9.59 Å². The Kier molecular flexibility index (Phi) is 13.6. The third-order valence-electron chi connectivity index (χ3n) is 3.33. The second-order valence-electron chi connectivity index (χ2n) is 5.42. The number of hydrogen-bond acceptors (Lipinski definition) is 2. The molecule has 0 atom stereocenters. The number of carbonyl (C=O) groups is 2. The Morgan fingerprint density at radius 1 is 0.600 bits per heavy atom. The third kappa shape index (κ3) is 13.4. The van der Waals surface area contributed by atoms with Crippen molar-refractivity contribution in [3.8, 4) is 0 Å². The van der Waals surface area contributed by atoms with E-state index in [4.69, 9.17) is 0 Å². The first-order valence-corrected chi connectivity index (χ1v) is 8.28. The van der Waals surface area contributed by atoms with Crippen LogP contribution in [0.2, 0.25) is 0 Å². The summed E-state index contributed by atoms with van der Waals surface area (Å²) in [6, 6.07) is 0. The average Bonchev–Trinajstić information content (AvgIpc) is 2.43. The van der Waals surface area contributed by atoms with Gasteiger partial charge in [-0.2, -0.15) is 0 Å². The molecule has 4 heteroatoms. The first-order chi connectivity index (χ1) is 9.70. The molecule has 0 aliphatic heterocycles. The summed E-state index contributed by atoms with van der Waals surface area (Å²) in [5.41, 5.74) is 4.88. The second kappa shape index (κ2) is 14.4. The van der Waals surface area contributed by atoms with Crippen LogP contribution in [0.1, 0.15) is 90.9 Å². The van der Waals surface area contributed by atoms with E-state index < -0.39 is 0 Å². The number of hydrazine groups is 1. The molecular weight excluding hydrogens is 252 g/mol. The van der Waals surface area contributed by atoms with E-state index in [1.165, 1.54) is 44.9 Å². The molecule has 0 aromatic carbocycles. The lowest BCUT2D eigenvalue weighted by Crippen LogP contribution is -2.41. The number of rotatable bonds is 12. The van der Waals surface area contributed by atoms with Crippen LogP contribution in [0.15, 0.2) is 0 Å². The summed E-state index contributed by atoms with van der Waals surface area (Å²) in [5.74, 6) is -0.203. The van der Waals surface area contributed by atoms with Crippen molar-refractivity contribution in [2.75, 3.05) is 0 Å². The summed E-state index contributed by atoms with van der Waals surface area (Å²) in [7, 11) is 0. The van der Waals surface area contributed by atoms with Crippen molar-refractivity contribution in [1.82, 2.24) is 10.9 Å². The molecular formula is C16H32N2O2. The van der Waals surface area contributed by atoms with Gasteiger partial charge in [-0.15, -0.1) is 0 Å². The van der Waals surface area contributed by atoms with Gasteiger partial charge in [-0.1, -0.05) is 65.2 Å². The maximum Gasteiger partial charge on any atom is 0.238 e. The molecule has 0 saturated carbocycles. The van der Waals surface area contributed by atoms with E-state index in [9.17, 15) is 9.59 Å². The van der Waals surface area contributed by atoms with Gasteiger partial charge in [0, 0.05) is 12.8 Å². The molecule has 0 saturated heterocycles. The summed E-state index contributed by atoms with van der Waals surface area (Å²) in [4.78, 5) is 22.6. The Morgan fingerprint density at radius 3 is 1.55 bits per heavy atom. The molecule has 0 unspecified atom stereocenters. The zero-order valence-corrected chi connectivity index (χ0v) is 13.3. The molecule has 0 spiro atoms. The number of nitrogens with one attached hydrogen (secondary N) is 2. The molecule has 118 valence electrons. The van der Waals surface area contributed by atoms with Gasteiger partial charge in [-0.3, -0.25) is 20.4 Å². The number of hydrogen-bond donors (Lipinski definition) is 2. The topological polar surface area (TPSA) is 58.2 Å². The van der Waals surface area contributed by atoms with Crippen LogP contribution in [0.3, 0.4) is 0 Å². The van der Waals surface area contributed by atoms with Gasteiger partial charge in [0.25, 0.3) is 0 Å². The van der Waals surface area contributed by atoms with E-state index in [2.05, 4.69) is 17.8 Å². The molecule has 0 aromatic heterocycles. The summed E-state index contributed by atoms with van der Waals surface area (Å²) in [6.07, 6.45) is 12.9. The molecule has 2 amide bonds. The first kappa shape index (κ1) is 18.9. The lowest BCUT2D eigenvalue weighted by molar-refractivity contribution is -0.129. The Morgan fingerprint density at radius 2 is 1.05 bits per heavy atom. The van der Waals surface area contributed by atoms with Crippen molar-refractivity contribution >= 4 is 11.8 Å². The average molecular weight is 284 g/mol. The Bertz CT molecular complexity index is 255. The van der Waals surface area contributed by atoms with Crippen molar-refractivity contribution in [2.45, 2.75) is 90.9 Å². The molecule has 0 rings (SSSR count). The van der Waals surface area contributed by atoms with E-state index in [1.54, 1.807) is 0 Å². The highest BCUT2D eigenvalue weighted by atomic mass is 16.2. The van der Waals surface area contributed by atoms with Gasteiger partial charge in [-0.25, -0.2) is 0 Å². The fraction of sp³-hybridized carbons (Fsp3) is 0.875. The highest BCUT2D eigenvalue weighted by Gasteiger charge is 2.03. The largest absolute Gasteiger partial charge is 0.273 e. The van der Waals surface area contributed by atoms with Crippen LogP contribution in [-0.4, -0.2) is 11.8 Å². The lowest BCUT2D eigenvalue weighted by atomic mass is 10.1. The van der Waals surface area contributed by atoms with E-state index in [1.807, 2.05) is 6.92 Å². The molecule has 20 heavy (non-hydrogen) atoms. The van der Waals surface area contributed by atoms with Crippen molar-refractivity contribution in [2.24, 2.45) is 0 Å². The van der Waals surface area contributed by atoms with Gasteiger partial charge in [0.1, 0.15) is 0 Å². The number of unbranched alkanes of at least 4 members (excludes halogenated alkanes) is 8. The van der Waals surface area contributed by atoms with Gasteiger partial charge in [-0.05, 0) is 12.8 Å². The lowest BCUT2D eigenvalue weighted by Gasteiger charge is -2.06. The van der Waals surface area contributed by atoms with Crippen molar-refractivity contribution in [1.29, 1.82) is 0 Å². The van der Waals surface area contributed by atoms with E-state index in [-0.39, 0.29) is 11.8 Å². The quantitative estimate of drug-likeness (QED) is 0.422. The second-order valence-corrected chi connectivity index (χ2v) is 5.42. The standard InChI is InChI=1S/C16H32N2O2/c1-3-5-6-7-8-9-10-11-12-14-16(20)18-17-15(19)13-4-2/h3-14H2,1-2H3,(H,17,19)(H,18,20). The van der Waals surface area contributed by atoms with Gasteiger partial charge in [0.2, 0.25) is 11.8 Å². The van der Waals surface area contributed by atoms with Crippen molar-refractivity contribution < 1.29 is 9.59 Å². The van der Waals surface area contributed by atoms with E-state index in [0.717, 1.165) is 19.3 Å². The smallest absolute Gasteiger partial charge is 0.238 e. The predicted molar refractivity (Wildman–Crippen MR) is 83.0 cm³/mol. The van der Waals surface area contributed by atoms with Gasteiger partial charge >= 0.3 is 0 Å². The van der Waals surface area contributed by atoms with Crippen LogP contribution >= 0.6 is 0 Å². The molecule has 0 aliphatic carbocycles. The molecule has 0 bridgehead atoms. The van der Waals surface area contributed by atoms with E-state index >= 15 is 0 Å². The monoisotopic (exact) mass is 284 g/mol. The van der Waals surface area contributed by atoms with Crippen LogP contribution < -0.4 is 10.9 Å². The van der Waals surface area contributed by atoms with Crippen LogP contribution in [0.4, 0.5) is 0 Å². The normalized spacial score (nSPS) is 10.3. The Balaban J connectivity index is 3.25.